The molecule has 1 aromatic carbocycles. The SMILES string of the molecule is CNCCc1ncc(-c2cc(Br)ccc2Cl)o1. The third-order valence-corrected chi connectivity index (χ3v) is 3.16. The number of likely N-dealkylation sites (N-methyl/N-ethyl adjacent to an activating group) is 1. The Labute approximate surface area is 113 Å². The predicted molar refractivity (Wildman–Crippen MR) is 72.3 cm³/mol. The van der Waals surface area contributed by atoms with Crippen molar-refractivity contribution in [2.24, 2.45) is 0 Å². The van der Waals surface area contributed by atoms with E-state index in [-0.39, 0.29) is 0 Å². The van der Waals surface area contributed by atoms with Crippen LogP contribution in [0.5, 0.6) is 0 Å². The average molecular weight is 316 g/mol. The summed E-state index contributed by atoms with van der Waals surface area (Å²) in [4.78, 5) is 4.22. The molecule has 0 spiro atoms. The van der Waals surface area contributed by atoms with Crippen LogP contribution in [-0.2, 0) is 6.42 Å². The van der Waals surface area contributed by atoms with Crippen LogP contribution in [0.15, 0.2) is 33.3 Å². The normalized spacial score (nSPS) is 10.8. The second-order valence-corrected chi connectivity index (χ2v) is 4.92. The lowest BCUT2D eigenvalue weighted by molar-refractivity contribution is 0.501. The largest absolute Gasteiger partial charge is 0.441 e. The monoisotopic (exact) mass is 314 g/mol. The highest BCUT2D eigenvalue weighted by molar-refractivity contribution is 9.10. The van der Waals surface area contributed by atoms with Crippen LogP contribution in [0.25, 0.3) is 11.3 Å². The maximum Gasteiger partial charge on any atom is 0.196 e. The van der Waals surface area contributed by atoms with Crippen LogP contribution in [0.3, 0.4) is 0 Å². The molecule has 0 fully saturated rings. The van der Waals surface area contributed by atoms with E-state index in [1.54, 1.807) is 6.20 Å². The standard InChI is InChI=1S/C12H12BrClN2O/c1-15-5-4-12-16-7-11(17-12)9-6-8(13)2-3-10(9)14/h2-3,6-7,15H,4-5H2,1H3. The molecule has 0 aliphatic rings. The fourth-order valence-electron chi connectivity index (χ4n) is 1.47. The summed E-state index contributed by atoms with van der Waals surface area (Å²) >= 11 is 9.54. The minimum absolute atomic E-state index is 0.657. The zero-order valence-electron chi connectivity index (χ0n) is 9.34. The summed E-state index contributed by atoms with van der Waals surface area (Å²) in [5.41, 5.74) is 0.851. The molecule has 2 aromatic rings. The van der Waals surface area contributed by atoms with E-state index >= 15 is 0 Å². The molecule has 0 amide bonds. The lowest BCUT2D eigenvalue weighted by Crippen LogP contribution is -2.10. The van der Waals surface area contributed by atoms with E-state index in [0.29, 0.717) is 16.7 Å². The molecule has 90 valence electrons. The molecule has 5 heteroatoms. The van der Waals surface area contributed by atoms with Gasteiger partial charge in [0.2, 0.25) is 0 Å². The molecular formula is C12H12BrClN2O. The highest BCUT2D eigenvalue weighted by atomic mass is 79.9. The summed E-state index contributed by atoms with van der Waals surface area (Å²) in [6, 6.07) is 5.64. The number of hydrogen-bond donors (Lipinski definition) is 1. The molecule has 17 heavy (non-hydrogen) atoms. The molecule has 0 bridgehead atoms. The minimum Gasteiger partial charge on any atom is -0.441 e. The number of hydrogen-bond acceptors (Lipinski definition) is 3. The Kier molecular flexibility index (Phi) is 4.20. The van der Waals surface area contributed by atoms with Gasteiger partial charge in [0, 0.05) is 23.0 Å². The second-order valence-electron chi connectivity index (χ2n) is 3.60. The van der Waals surface area contributed by atoms with Gasteiger partial charge in [0.15, 0.2) is 11.7 Å². The molecule has 2 rings (SSSR count). The number of nitrogens with zero attached hydrogens (tertiary/aromatic N) is 1. The van der Waals surface area contributed by atoms with E-state index in [0.717, 1.165) is 23.0 Å². The molecule has 0 saturated carbocycles. The van der Waals surface area contributed by atoms with Crippen molar-refractivity contribution in [3.8, 4) is 11.3 Å². The van der Waals surface area contributed by atoms with Crippen molar-refractivity contribution in [2.75, 3.05) is 13.6 Å². The molecule has 0 unspecified atom stereocenters. The van der Waals surface area contributed by atoms with Crippen molar-refractivity contribution >= 4 is 27.5 Å². The van der Waals surface area contributed by atoms with Gasteiger partial charge in [-0.2, -0.15) is 0 Å². The lowest BCUT2D eigenvalue weighted by Gasteiger charge is -2.00. The minimum atomic E-state index is 0.657. The summed E-state index contributed by atoms with van der Waals surface area (Å²) in [6.45, 7) is 0.839. The molecule has 0 aliphatic carbocycles. The first kappa shape index (κ1) is 12.6. The fourth-order valence-corrected chi connectivity index (χ4v) is 2.04. The number of benzene rings is 1. The maximum atomic E-state index is 6.12. The molecular weight excluding hydrogens is 304 g/mol. The van der Waals surface area contributed by atoms with E-state index in [1.807, 2.05) is 25.2 Å². The van der Waals surface area contributed by atoms with Gasteiger partial charge in [-0.05, 0) is 25.2 Å². The van der Waals surface area contributed by atoms with Gasteiger partial charge in [0.05, 0.1) is 11.2 Å². The highest BCUT2D eigenvalue weighted by Crippen LogP contribution is 2.31. The van der Waals surface area contributed by atoms with Gasteiger partial charge in [-0.25, -0.2) is 4.98 Å². The maximum absolute atomic E-state index is 6.12. The topological polar surface area (TPSA) is 38.1 Å². The Balaban J connectivity index is 2.27. The third-order valence-electron chi connectivity index (χ3n) is 2.34. The number of oxazole rings is 1. The molecule has 0 saturated heterocycles. The number of aromatic nitrogens is 1. The number of rotatable bonds is 4. The van der Waals surface area contributed by atoms with Crippen LogP contribution in [0.2, 0.25) is 5.02 Å². The Morgan fingerprint density at radius 2 is 2.29 bits per heavy atom. The Bertz CT molecular complexity index is 513. The molecule has 1 heterocycles. The molecule has 1 aromatic heterocycles. The van der Waals surface area contributed by atoms with Gasteiger partial charge in [0.25, 0.3) is 0 Å². The van der Waals surface area contributed by atoms with Crippen molar-refractivity contribution in [3.05, 3.63) is 39.8 Å². The highest BCUT2D eigenvalue weighted by Gasteiger charge is 2.10. The summed E-state index contributed by atoms with van der Waals surface area (Å²) < 4.78 is 6.61. The van der Waals surface area contributed by atoms with Crippen LogP contribution >= 0.6 is 27.5 Å². The summed E-state index contributed by atoms with van der Waals surface area (Å²) in [7, 11) is 1.90. The van der Waals surface area contributed by atoms with Crippen molar-refractivity contribution in [3.63, 3.8) is 0 Å². The average Bonchev–Trinajstić information content (AvgIpc) is 2.78. The van der Waals surface area contributed by atoms with Crippen LogP contribution in [0.1, 0.15) is 5.89 Å². The van der Waals surface area contributed by atoms with Crippen LogP contribution < -0.4 is 5.32 Å². The zero-order chi connectivity index (χ0) is 12.3. The third kappa shape index (κ3) is 3.09. The molecule has 0 atom stereocenters. The first-order valence-corrected chi connectivity index (χ1v) is 6.42. The van der Waals surface area contributed by atoms with E-state index < -0.39 is 0 Å². The first-order chi connectivity index (χ1) is 8.20. The van der Waals surface area contributed by atoms with Gasteiger partial charge >= 0.3 is 0 Å². The van der Waals surface area contributed by atoms with Crippen LogP contribution in [0, 0.1) is 0 Å². The smallest absolute Gasteiger partial charge is 0.196 e. The summed E-state index contributed by atoms with van der Waals surface area (Å²) in [5, 5.41) is 3.71. The summed E-state index contributed by atoms with van der Waals surface area (Å²) in [5.74, 6) is 1.41. The van der Waals surface area contributed by atoms with Crippen LogP contribution in [-0.4, -0.2) is 18.6 Å². The van der Waals surface area contributed by atoms with Crippen molar-refractivity contribution < 1.29 is 4.42 Å². The van der Waals surface area contributed by atoms with Crippen LogP contribution in [0.4, 0.5) is 0 Å². The first-order valence-electron chi connectivity index (χ1n) is 5.25. The second kappa shape index (κ2) is 5.67. The van der Waals surface area contributed by atoms with E-state index in [1.165, 1.54) is 0 Å². The molecule has 3 nitrogen and oxygen atoms in total. The Morgan fingerprint density at radius 3 is 3.06 bits per heavy atom. The van der Waals surface area contributed by atoms with Crippen molar-refractivity contribution in [2.45, 2.75) is 6.42 Å². The van der Waals surface area contributed by atoms with Gasteiger partial charge in [-0.3, -0.25) is 0 Å². The predicted octanol–water partition coefficient (Wildman–Crippen LogP) is 3.52. The van der Waals surface area contributed by atoms with Gasteiger partial charge in [-0.1, -0.05) is 27.5 Å². The summed E-state index contributed by atoms with van der Waals surface area (Å²) in [6.07, 6.45) is 2.47. The lowest BCUT2D eigenvalue weighted by atomic mass is 10.2. The quantitative estimate of drug-likeness (QED) is 0.938. The molecule has 1 N–H and O–H groups in total. The zero-order valence-corrected chi connectivity index (χ0v) is 11.7. The molecule has 0 aliphatic heterocycles. The Morgan fingerprint density at radius 1 is 1.47 bits per heavy atom. The van der Waals surface area contributed by atoms with E-state index in [9.17, 15) is 0 Å². The Hall–Kier alpha value is -0.840. The van der Waals surface area contributed by atoms with Crippen molar-refractivity contribution in [1.29, 1.82) is 0 Å². The van der Waals surface area contributed by atoms with E-state index in [2.05, 4.69) is 26.2 Å². The number of halogens is 2. The van der Waals surface area contributed by atoms with E-state index in [4.69, 9.17) is 16.0 Å². The van der Waals surface area contributed by atoms with Gasteiger partial charge in [0.1, 0.15) is 0 Å². The number of nitrogens with one attached hydrogen (secondary N) is 1. The molecule has 0 radical (unpaired) electrons. The van der Waals surface area contributed by atoms with Gasteiger partial charge in [-0.15, -0.1) is 0 Å². The fraction of sp³-hybridized carbons (Fsp3) is 0.250. The van der Waals surface area contributed by atoms with Crippen molar-refractivity contribution in [1.82, 2.24) is 10.3 Å². The van der Waals surface area contributed by atoms with Gasteiger partial charge < -0.3 is 9.73 Å².